The fourth-order valence-electron chi connectivity index (χ4n) is 3.34. The van der Waals surface area contributed by atoms with Gasteiger partial charge in [0.15, 0.2) is 11.5 Å². The molecule has 1 atom stereocenters. The molecule has 29 heavy (non-hydrogen) atoms. The smallest absolute Gasteiger partial charge is 0.407 e. The highest BCUT2D eigenvalue weighted by Gasteiger charge is 2.23. The number of methoxy groups -OCH3 is 2. The van der Waals surface area contributed by atoms with Crippen molar-refractivity contribution in [3.05, 3.63) is 23.8 Å². The van der Waals surface area contributed by atoms with E-state index >= 15 is 0 Å². The number of amides is 1. The van der Waals surface area contributed by atoms with Crippen molar-refractivity contribution in [1.82, 2.24) is 5.32 Å². The molecule has 1 fully saturated rings. The lowest BCUT2D eigenvalue weighted by Gasteiger charge is -2.23. The number of rotatable bonds is 8. The molecular weight excluding hydrogens is 374 g/mol. The van der Waals surface area contributed by atoms with Gasteiger partial charge in [-0.05, 0) is 64.2 Å². The van der Waals surface area contributed by atoms with E-state index in [1.807, 2.05) is 18.2 Å². The topological polar surface area (TPSA) is 83.1 Å². The maximum atomic E-state index is 12.1. The van der Waals surface area contributed by atoms with Crippen LogP contribution >= 0.6 is 0 Å². The van der Waals surface area contributed by atoms with Crippen molar-refractivity contribution < 1.29 is 28.5 Å². The molecule has 1 amide bonds. The highest BCUT2D eigenvalue weighted by atomic mass is 16.6. The second-order valence-electron chi connectivity index (χ2n) is 8.29. The van der Waals surface area contributed by atoms with Crippen LogP contribution in [0.5, 0.6) is 11.5 Å². The summed E-state index contributed by atoms with van der Waals surface area (Å²) in [5.74, 6) is 0.670. The van der Waals surface area contributed by atoms with Gasteiger partial charge in [0.2, 0.25) is 0 Å². The molecule has 7 nitrogen and oxygen atoms in total. The van der Waals surface area contributed by atoms with Crippen LogP contribution < -0.4 is 14.8 Å². The lowest BCUT2D eigenvalue weighted by Crippen LogP contribution is -2.35. The quantitative estimate of drug-likeness (QED) is 0.651. The first-order chi connectivity index (χ1) is 13.7. The zero-order chi connectivity index (χ0) is 21.4. The van der Waals surface area contributed by atoms with Gasteiger partial charge in [-0.3, -0.25) is 4.79 Å². The molecule has 1 aromatic carbocycles. The molecule has 0 spiro atoms. The Labute approximate surface area is 173 Å². The van der Waals surface area contributed by atoms with Crippen LogP contribution in [-0.2, 0) is 14.3 Å². The number of ether oxygens (including phenoxy) is 4. The van der Waals surface area contributed by atoms with E-state index in [0.29, 0.717) is 11.5 Å². The molecule has 0 aliphatic heterocycles. The highest BCUT2D eigenvalue weighted by molar-refractivity contribution is 5.71. The van der Waals surface area contributed by atoms with Crippen molar-refractivity contribution in [3.8, 4) is 11.5 Å². The molecule has 1 aliphatic carbocycles. The third-order valence-electron chi connectivity index (χ3n) is 4.79. The fraction of sp³-hybridized carbons (Fsp3) is 0.636. The van der Waals surface area contributed by atoms with Gasteiger partial charge in [-0.15, -0.1) is 0 Å². The minimum absolute atomic E-state index is 0.126. The Morgan fingerprint density at radius 1 is 1.14 bits per heavy atom. The van der Waals surface area contributed by atoms with E-state index in [4.69, 9.17) is 18.9 Å². The van der Waals surface area contributed by atoms with Crippen LogP contribution in [0.2, 0.25) is 0 Å². The van der Waals surface area contributed by atoms with E-state index in [9.17, 15) is 9.59 Å². The maximum absolute atomic E-state index is 12.1. The lowest BCUT2D eigenvalue weighted by molar-refractivity contribution is -0.141. The average Bonchev–Trinajstić information content (AvgIpc) is 3.16. The van der Waals surface area contributed by atoms with Crippen LogP contribution in [0.25, 0.3) is 0 Å². The van der Waals surface area contributed by atoms with Gasteiger partial charge in [0.1, 0.15) is 5.60 Å². The second kappa shape index (κ2) is 10.4. The number of hydrogen-bond donors (Lipinski definition) is 1. The summed E-state index contributed by atoms with van der Waals surface area (Å²) in [6.07, 6.45) is 4.16. The summed E-state index contributed by atoms with van der Waals surface area (Å²) >= 11 is 0. The second-order valence-corrected chi connectivity index (χ2v) is 8.29. The number of carbonyl (C=O) groups is 2. The number of carbonyl (C=O) groups excluding carboxylic acids is 2. The normalized spacial score (nSPS) is 15.5. The van der Waals surface area contributed by atoms with E-state index in [1.54, 1.807) is 27.9 Å². The number of esters is 1. The van der Waals surface area contributed by atoms with Gasteiger partial charge in [0, 0.05) is 12.5 Å². The molecule has 2 rings (SSSR count). The summed E-state index contributed by atoms with van der Waals surface area (Å²) in [7, 11) is 2.95. The largest absolute Gasteiger partial charge is 0.493 e. The molecule has 0 aromatic heterocycles. The third kappa shape index (κ3) is 7.48. The average molecular weight is 408 g/mol. The van der Waals surface area contributed by atoms with Crippen LogP contribution in [0.1, 0.15) is 64.4 Å². The van der Waals surface area contributed by atoms with E-state index in [-0.39, 0.29) is 31.0 Å². The number of nitrogens with one attached hydrogen (secondary N) is 1. The lowest BCUT2D eigenvalue weighted by atomic mass is 9.95. The Morgan fingerprint density at radius 3 is 2.41 bits per heavy atom. The van der Waals surface area contributed by atoms with Crippen LogP contribution in [0, 0.1) is 0 Å². The molecule has 0 heterocycles. The summed E-state index contributed by atoms with van der Waals surface area (Å²) in [6.45, 7) is 5.64. The molecule has 0 saturated heterocycles. The van der Waals surface area contributed by atoms with E-state index in [2.05, 4.69) is 5.32 Å². The van der Waals surface area contributed by atoms with Crippen LogP contribution in [0.3, 0.4) is 0 Å². The van der Waals surface area contributed by atoms with Crippen molar-refractivity contribution in [1.29, 1.82) is 0 Å². The van der Waals surface area contributed by atoms with Crippen LogP contribution in [-0.4, -0.2) is 44.5 Å². The van der Waals surface area contributed by atoms with Gasteiger partial charge in [0.25, 0.3) is 0 Å². The first-order valence-electron chi connectivity index (χ1n) is 10.1. The molecule has 1 saturated carbocycles. The van der Waals surface area contributed by atoms with Gasteiger partial charge in [-0.2, -0.15) is 0 Å². The predicted octanol–water partition coefficient (Wildman–Crippen LogP) is 4.19. The zero-order valence-electron chi connectivity index (χ0n) is 18.1. The maximum Gasteiger partial charge on any atom is 0.407 e. The van der Waals surface area contributed by atoms with E-state index in [1.165, 1.54) is 7.11 Å². The zero-order valence-corrected chi connectivity index (χ0v) is 18.1. The van der Waals surface area contributed by atoms with Gasteiger partial charge >= 0.3 is 12.1 Å². The minimum Gasteiger partial charge on any atom is -0.493 e. The Hall–Kier alpha value is -2.44. The molecule has 162 valence electrons. The van der Waals surface area contributed by atoms with Crippen LogP contribution in [0.4, 0.5) is 4.79 Å². The van der Waals surface area contributed by atoms with Crippen molar-refractivity contribution in [2.24, 2.45) is 0 Å². The molecule has 0 unspecified atom stereocenters. The highest BCUT2D eigenvalue weighted by Crippen LogP contribution is 2.35. The van der Waals surface area contributed by atoms with Gasteiger partial charge < -0.3 is 24.3 Å². The molecule has 0 radical (unpaired) electrons. The molecule has 0 bridgehead atoms. The molecule has 7 heteroatoms. The van der Waals surface area contributed by atoms with Crippen LogP contribution in [0.15, 0.2) is 18.2 Å². The molecule has 1 aliphatic rings. The van der Waals surface area contributed by atoms with Crippen molar-refractivity contribution in [3.63, 3.8) is 0 Å². The standard InChI is InChI=1S/C22H33NO6/c1-22(2,3)29-21(25)23-14-16(13-20(24)27-5)15-10-11-18(26-4)19(12-15)28-17-8-6-7-9-17/h10-12,16-17H,6-9,13-14H2,1-5H3,(H,23,25)/t16-/m1/s1. The summed E-state index contributed by atoms with van der Waals surface area (Å²) in [5, 5.41) is 2.75. The first kappa shape index (κ1) is 22.8. The summed E-state index contributed by atoms with van der Waals surface area (Å²) in [6, 6.07) is 5.60. The summed E-state index contributed by atoms with van der Waals surface area (Å²) in [4.78, 5) is 24.0. The Kier molecular flexibility index (Phi) is 8.17. The van der Waals surface area contributed by atoms with Gasteiger partial charge in [-0.1, -0.05) is 6.07 Å². The summed E-state index contributed by atoms with van der Waals surface area (Å²) in [5.41, 5.74) is 0.268. The Morgan fingerprint density at radius 2 is 1.83 bits per heavy atom. The SMILES string of the molecule is COC(=O)C[C@H](CNC(=O)OC(C)(C)C)c1ccc(OC)c(OC2CCCC2)c1. The monoisotopic (exact) mass is 407 g/mol. The first-order valence-corrected chi connectivity index (χ1v) is 10.1. The molecule has 1 aromatic rings. The van der Waals surface area contributed by atoms with E-state index in [0.717, 1.165) is 31.2 Å². The Balaban J connectivity index is 2.17. The van der Waals surface area contributed by atoms with Crippen molar-refractivity contribution in [2.75, 3.05) is 20.8 Å². The van der Waals surface area contributed by atoms with Crippen molar-refractivity contribution in [2.45, 2.75) is 70.5 Å². The van der Waals surface area contributed by atoms with Crippen molar-refractivity contribution >= 4 is 12.1 Å². The predicted molar refractivity (Wildman–Crippen MR) is 109 cm³/mol. The van der Waals surface area contributed by atoms with E-state index < -0.39 is 11.7 Å². The number of alkyl carbamates (subject to hydrolysis) is 1. The number of hydrogen-bond acceptors (Lipinski definition) is 6. The Bertz CT molecular complexity index is 691. The molecule has 1 N–H and O–H groups in total. The number of benzene rings is 1. The molecular formula is C22H33NO6. The van der Waals surface area contributed by atoms with Gasteiger partial charge in [0.05, 0.1) is 26.7 Å². The third-order valence-corrected chi connectivity index (χ3v) is 4.79. The van der Waals surface area contributed by atoms with Gasteiger partial charge in [-0.25, -0.2) is 4.79 Å². The summed E-state index contributed by atoms with van der Waals surface area (Å²) < 4.78 is 21.7. The fourth-order valence-corrected chi connectivity index (χ4v) is 3.34. The minimum atomic E-state index is -0.593.